The molecule has 0 N–H and O–H groups in total. The number of Topliss-reactive ketones (excluding diaryl/α,β-unsaturated/α-hetero) is 1. The number of carbonyl (C=O) groups is 1. The third-order valence-electron chi connectivity index (χ3n) is 6.08. The van der Waals surface area contributed by atoms with Gasteiger partial charge in [-0.1, -0.05) is 66.4 Å². The van der Waals surface area contributed by atoms with Crippen molar-refractivity contribution in [3.8, 4) is 0 Å². The van der Waals surface area contributed by atoms with Crippen LogP contribution in [0.5, 0.6) is 0 Å². The summed E-state index contributed by atoms with van der Waals surface area (Å²) in [6.45, 7) is 8.37. The molecule has 0 bridgehead atoms. The van der Waals surface area contributed by atoms with Crippen LogP contribution in [-0.4, -0.2) is 5.78 Å². The minimum atomic E-state index is 0.230. The molecule has 2 aliphatic carbocycles. The molecule has 2 heteroatoms. The zero-order valence-corrected chi connectivity index (χ0v) is 19.0. The van der Waals surface area contributed by atoms with E-state index in [9.17, 15) is 4.79 Å². The van der Waals surface area contributed by atoms with Crippen LogP contribution < -0.4 is 0 Å². The second kappa shape index (κ2) is 8.65. The smallest absolute Gasteiger partial charge is 0.163 e. The maximum Gasteiger partial charge on any atom is 0.163 e. The summed E-state index contributed by atoms with van der Waals surface area (Å²) in [5, 5.41) is 0. The average Bonchev–Trinajstić information content (AvgIpc) is 3.10. The van der Waals surface area contributed by atoms with Crippen LogP contribution in [0.15, 0.2) is 87.3 Å². The van der Waals surface area contributed by atoms with Crippen LogP contribution in [0.3, 0.4) is 0 Å². The van der Waals surface area contributed by atoms with E-state index in [2.05, 4.69) is 81.5 Å². The van der Waals surface area contributed by atoms with Gasteiger partial charge in [0, 0.05) is 16.9 Å². The monoisotopic (exact) mass is 412 g/mol. The van der Waals surface area contributed by atoms with Crippen molar-refractivity contribution in [1.29, 1.82) is 0 Å². The van der Waals surface area contributed by atoms with Gasteiger partial charge in [0.05, 0.1) is 0 Å². The molecule has 0 fully saturated rings. The predicted octanol–water partition coefficient (Wildman–Crippen LogP) is 7.88. The van der Waals surface area contributed by atoms with Gasteiger partial charge in [-0.3, -0.25) is 4.79 Å². The molecule has 0 amide bonds. The van der Waals surface area contributed by atoms with Crippen molar-refractivity contribution in [3.05, 3.63) is 104 Å². The highest BCUT2D eigenvalue weighted by Crippen LogP contribution is 2.43. The lowest BCUT2D eigenvalue weighted by Gasteiger charge is -2.16. The van der Waals surface area contributed by atoms with Gasteiger partial charge in [-0.2, -0.15) is 0 Å². The Morgan fingerprint density at radius 2 is 1.60 bits per heavy atom. The summed E-state index contributed by atoms with van der Waals surface area (Å²) in [6.07, 6.45) is 17.9. The Bertz CT molecular complexity index is 1130. The molecule has 0 saturated carbocycles. The van der Waals surface area contributed by atoms with Crippen molar-refractivity contribution in [2.75, 3.05) is 0 Å². The highest BCUT2D eigenvalue weighted by molar-refractivity contribution is 8.07. The molecule has 0 unspecified atom stereocenters. The van der Waals surface area contributed by atoms with Crippen molar-refractivity contribution in [2.24, 2.45) is 0 Å². The van der Waals surface area contributed by atoms with Crippen molar-refractivity contribution in [1.82, 2.24) is 0 Å². The third-order valence-corrected chi connectivity index (χ3v) is 7.33. The van der Waals surface area contributed by atoms with Crippen LogP contribution in [0.25, 0.3) is 11.1 Å². The molecule has 1 aromatic rings. The van der Waals surface area contributed by atoms with E-state index in [1.165, 1.54) is 38.3 Å². The molecule has 0 atom stereocenters. The predicted molar refractivity (Wildman–Crippen MR) is 131 cm³/mol. The number of rotatable bonds is 2. The van der Waals surface area contributed by atoms with E-state index in [1.54, 1.807) is 11.8 Å². The molecule has 0 spiro atoms. The molecule has 0 aromatic heterocycles. The summed E-state index contributed by atoms with van der Waals surface area (Å²) in [5.74, 6) is 0.230. The first kappa shape index (κ1) is 20.7. The lowest BCUT2D eigenvalue weighted by molar-refractivity contribution is -0.114. The van der Waals surface area contributed by atoms with E-state index in [0.29, 0.717) is 6.42 Å². The third kappa shape index (κ3) is 4.02. The van der Waals surface area contributed by atoms with E-state index < -0.39 is 0 Å². The molecule has 1 aromatic carbocycles. The van der Waals surface area contributed by atoms with Crippen LogP contribution >= 0.6 is 11.8 Å². The molecule has 0 saturated heterocycles. The summed E-state index contributed by atoms with van der Waals surface area (Å²) in [4.78, 5) is 15.2. The minimum absolute atomic E-state index is 0.230. The van der Waals surface area contributed by atoms with Gasteiger partial charge in [-0.25, -0.2) is 0 Å². The van der Waals surface area contributed by atoms with Crippen molar-refractivity contribution >= 4 is 28.7 Å². The molecule has 152 valence electrons. The van der Waals surface area contributed by atoms with E-state index in [4.69, 9.17) is 0 Å². The summed E-state index contributed by atoms with van der Waals surface area (Å²) >= 11 is 1.75. The van der Waals surface area contributed by atoms with Crippen LogP contribution in [-0.2, 0) is 4.79 Å². The number of benzene rings is 1. The SMILES string of the molecule is CC1=C(c2cc(C3=C4CC(=O)C(C)=C(C)SC4=CCC=C3)ccc2C)C=CCC=C1. The van der Waals surface area contributed by atoms with E-state index >= 15 is 0 Å². The molecule has 4 rings (SSSR count). The lowest BCUT2D eigenvalue weighted by atomic mass is 9.89. The quantitative estimate of drug-likeness (QED) is 0.491. The first-order valence-electron chi connectivity index (χ1n) is 10.6. The van der Waals surface area contributed by atoms with Gasteiger partial charge in [0.1, 0.15) is 0 Å². The number of thioether (sulfide) groups is 1. The maximum atomic E-state index is 12.8. The summed E-state index contributed by atoms with van der Waals surface area (Å²) in [5.41, 5.74) is 9.51. The Morgan fingerprint density at radius 3 is 2.43 bits per heavy atom. The van der Waals surface area contributed by atoms with Crippen LogP contribution in [0.2, 0.25) is 0 Å². The van der Waals surface area contributed by atoms with Gasteiger partial charge in [0.2, 0.25) is 0 Å². The summed E-state index contributed by atoms with van der Waals surface area (Å²) in [6, 6.07) is 6.72. The molecule has 1 nitrogen and oxygen atoms in total. The highest BCUT2D eigenvalue weighted by atomic mass is 32.2. The summed E-state index contributed by atoms with van der Waals surface area (Å²) in [7, 11) is 0. The Hall–Kier alpha value is -2.58. The Kier molecular flexibility index (Phi) is 5.97. The Balaban J connectivity index is 1.88. The van der Waals surface area contributed by atoms with Gasteiger partial charge >= 0.3 is 0 Å². The van der Waals surface area contributed by atoms with Crippen molar-refractivity contribution in [2.45, 2.75) is 47.0 Å². The fraction of sp³-hybridized carbons (Fsp3) is 0.250. The number of fused-ring (bicyclic) bond motifs is 1. The Labute approximate surface area is 184 Å². The van der Waals surface area contributed by atoms with Crippen LogP contribution in [0.1, 0.15) is 56.7 Å². The first-order chi connectivity index (χ1) is 14.5. The number of aryl methyl sites for hydroxylation is 1. The fourth-order valence-corrected chi connectivity index (χ4v) is 5.20. The molecule has 30 heavy (non-hydrogen) atoms. The lowest BCUT2D eigenvalue weighted by Crippen LogP contribution is -2.02. The van der Waals surface area contributed by atoms with Gasteiger partial charge in [-0.05, 0) is 90.5 Å². The molecular formula is C28H28OS. The van der Waals surface area contributed by atoms with Crippen molar-refractivity contribution in [3.63, 3.8) is 0 Å². The number of hydrogen-bond acceptors (Lipinski definition) is 2. The fourth-order valence-electron chi connectivity index (χ4n) is 4.12. The van der Waals surface area contributed by atoms with Crippen LogP contribution in [0, 0.1) is 6.92 Å². The van der Waals surface area contributed by atoms with Crippen molar-refractivity contribution < 1.29 is 4.79 Å². The van der Waals surface area contributed by atoms with Gasteiger partial charge in [0.15, 0.2) is 5.78 Å². The minimum Gasteiger partial charge on any atom is -0.294 e. The average molecular weight is 413 g/mol. The van der Waals surface area contributed by atoms with E-state index in [0.717, 1.165) is 28.9 Å². The standard InChI is InChI=1S/C28H28OS/c1-18-10-6-5-7-11-23(18)25-16-22(15-14-19(25)2)24-12-8-9-13-28-26(24)17-27(29)20(3)21(4)30-28/h6-8,10-16H,5,9,17H2,1-4H3. The van der Waals surface area contributed by atoms with Gasteiger partial charge in [0.25, 0.3) is 0 Å². The zero-order chi connectivity index (χ0) is 21.3. The molecular weight excluding hydrogens is 384 g/mol. The van der Waals surface area contributed by atoms with Crippen LogP contribution in [0.4, 0.5) is 0 Å². The number of carbonyl (C=O) groups excluding carboxylic acids is 1. The summed E-state index contributed by atoms with van der Waals surface area (Å²) < 4.78 is 0. The molecule has 1 heterocycles. The Morgan fingerprint density at radius 1 is 0.867 bits per heavy atom. The highest BCUT2D eigenvalue weighted by Gasteiger charge is 2.24. The first-order valence-corrected chi connectivity index (χ1v) is 11.4. The van der Waals surface area contributed by atoms with Gasteiger partial charge < -0.3 is 0 Å². The largest absolute Gasteiger partial charge is 0.294 e. The normalized spacial score (nSPS) is 19.6. The zero-order valence-electron chi connectivity index (χ0n) is 18.2. The molecule has 3 aliphatic rings. The molecule has 1 aliphatic heterocycles. The topological polar surface area (TPSA) is 17.1 Å². The number of ketones is 1. The second-order valence-electron chi connectivity index (χ2n) is 8.15. The number of allylic oxidation sites excluding steroid dienone is 13. The van der Waals surface area contributed by atoms with E-state index in [-0.39, 0.29) is 5.78 Å². The maximum absolute atomic E-state index is 12.8. The van der Waals surface area contributed by atoms with E-state index in [1.807, 2.05) is 6.92 Å². The van der Waals surface area contributed by atoms with Gasteiger partial charge in [-0.15, -0.1) is 0 Å². The number of hydrogen-bond donors (Lipinski definition) is 0. The molecule has 0 radical (unpaired) electrons. The second-order valence-corrected chi connectivity index (χ2v) is 9.41.